The summed E-state index contributed by atoms with van der Waals surface area (Å²) in [6, 6.07) is 5.67. The van der Waals surface area contributed by atoms with Crippen LogP contribution in [-0.2, 0) is 0 Å². The van der Waals surface area contributed by atoms with Gasteiger partial charge in [0.25, 0.3) is 6.43 Å². The molecule has 0 aromatic heterocycles. The Labute approximate surface area is 101 Å². The Morgan fingerprint density at radius 2 is 2.06 bits per heavy atom. The molecule has 0 saturated heterocycles. The second-order valence-electron chi connectivity index (χ2n) is 4.02. The molecular weight excluding hydrogens is 224 g/mol. The first-order valence-corrected chi connectivity index (χ1v) is 5.79. The zero-order valence-electron chi connectivity index (χ0n) is 10.5. The van der Waals surface area contributed by atoms with Crippen LogP contribution < -0.4 is 10.1 Å². The molecule has 2 nitrogen and oxygen atoms in total. The average Bonchev–Trinajstić information content (AvgIpc) is 2.27. The van der Waals surface area contributed by atoms with E-state index in [1.165, 1.54) is 0 Å². The van der Waals surface area contributed by atoms with E-state index in [9.17, 15) is 8.78 Å². The molecule has 1 atom stereocenters. The average molecular weight is 243 g/mol. The van der Waals surface area contributed by atoms with Gasteiger partial charge < -0.3 is 10.1 Å². The number of rotatable bonds is 6. The molecule has 0 spiro atoms. The van der Waals surface area contributed by atoms with E-state index in [0.717, 1.165) is 17.7 Å². The highest BCUT2D eigenvalue weighted by Crippen LogP contribution is 2.26. The number of hydrogen-bond donors (Lipinski definition) is 1. The molecule has 0 aliphatic heterocycles. The van der Waals surface area contributed by atoms with Crippen molar-refractivity contribution in [2.24, 2.45) is 0 Å². The van der Waals surface area contributed by atoms with Crippen LogP contribution in [0.2, 0.25) is 0 Å². The highest BCUT2D eigenvalue weighted by molar-refractivity contribution is 5.39. The van der Waals surface area contributed by atoms with Crippen LogP contribution in [0.5, 0.6) is 5.75 Å². The maximum atomic E-state index is 12.1. The van der Waals surface area contributed by atoms with E-state index >= 15 is 0 Å². The highest BCUT2D eigenvalue weighted by atomic mass is 19.3. The van der Waals surface area contributed by atoms with Crippen LogP contribution >= 0.6 is 0 Å². The van der Waals surface area contributed by atoms with E-state index in [1.54, 1.807) is 6.07 Å². The summed E-state index contributed by atoms with van der Waals surface area (Å²) in [5.41, 5.74) is 2.02. The Morgan fingerprint density at radius 3 is 2.65 bits per heavy atom. The van der Waals surface area contributed by atoms with E-state index in [1.807, 2.05) is 32.9 Å². The molecule has 0 amide bonds. The van der Waals surface area contributed by atoms with Crippen LogP contribution in [0.1, 0.15) is 31.0 Å². The van der Waals surface area contributed by atoms with Gasteiger partial charge in [-0.3, -0.25) is 0 Å². The zero-order valence-corrected chi connectivity index (χ0v) is 10.5. The van der Waals surface area contributed by atoms with Crippen molar-refractivity contribution >= 4 is 0 Å². The molecule has 1 N–H and O–H groups in total. The number of halogens is 2. The van der Waals surface area contributed by atoms with Gasteiger partial charge in [0.05, 0.1) is 0 Å². The summed E-state index contributed by atoms with van der Waals surface area (Å²) in [4.78, 5) is 0. The fourth-order valence-electron chi connectivity index (χ4n) is 1.71. The van der Waals surface area contributed by atoms with Crippen LogP contribution in [0, 0.1) is 6.92 Å². The molecule has 0 radical (unpaired) electrons. The van der Waals surface area contributed by atoms with Crippen molar-refractivity contribution in [3.8, 4) is 5.75 Å². The van der Waals surface area contributed by atoms with Crippen molar-refractivity contribution < 1.29 is 13.5 Å². The van der Waals surface area contributed by atoms with E-state index in [4.69, 9.17) is 4.74 Å². The Balaban J connectivity index is 2.87. The lowest BCUT2D eigenvalue weighted by atomic mass is 10.0. The van der Waals surface area contributed by atoms with Crippen LogP contribution in [0.15, 0.2) is 18.2 Å². The maximum absolute atomic E-state index is 12.1. The van der Waals surface area contributed by atoms with Crippen LogP contribution in [0.3, 0.4) is 0 Å². The molecule has 1 aromatic carbocycles. The number of benzene rings is 1. The molecule has 4 heteroatoms. The van der Waals surface area contributed by atoms with Crippen molar-refractivity contribution in [3.63, 3.8) is 0 Å². The molecule has 0 saturated carbocycles. The predicted molar refractivity (Wildman–Crippen MR) is 64.8 cm³/mol. The summed E-state index contributed by atoms with van der Waals surface area (Å²) in [7, 11) is 0. The van der Waals surface area contributed by atoms with Gasteiger partial charge in [0.2, 0.25) is 0 Å². The standard InChI is InChI=1S/C13H19F2NO/c1-4-16-10(3)11-7-9(2)5-6-12(11)17-8-13(14)15/h5-7,10,13,16H,4,8H2,1-3H3. The molecule has 96 valence electrons. The summed E-state index contributed by atoms with van der Waals surface area (Å²) in [6.45, 7) is 6.23. The van der Waals surface area contributed by atoms with Crippen molar-refractivity contribution in [1.82, 2.24) is 5.32 Å². The van der Waals surface area contributed by atoms with Gasteiger partial charge >= 0.3 is 0 Å². The normalized spacial score (nSPS) is 12.8. The number of nitrogens with one attached hydrogen (secondary N) is 1. The van der Waals surface area contributed by atoms with E-state index in [-0.39, 0.29) is 6.04 Å². The molecule has 0 bridgehead atoms. The Kier molecular flexibility index (Phi) is 5.35. The summed E-state index contributed by atoms with van der Waals surface area (Å²) >= 11 is 0. The van der Waals surface area contributed by atoms with Crippen molar-refractivity contribution in [1.29, 1.82) is 0 Å². The highest BCUT2D eigenvalue weighted by Gasteiger charge is 2.12. The molecule has 0 aliphatic carbocycles. The minimum absolute atomic E-state index is 0.0903. The SMILES string of the molecule is CCNC(C)c1cc(C)ccc1OCC(F)F. The third-order valence-corrected chi connectivity index (χ3v) is 2.51. The number of aryl methyl sites for hydroxylation is 1. The minimum Gasteiger partial charge on any atom is -0.487 e. The van der Waals surface area contributed by atoms with Gasteiger partial charge in [-0.2, -0.15) is 0 Å². The van der Waals surface area contributed by atoms with Crippen LogP contribution in [0.4, 0.5) is 8.78 Å². The first-order valence-electron chi connectivity index (χ1n) is 5.79. The van der Waals surface area contributed by atoms with Crippen molar-refractivity contribution in [2.45, 2.75) is 33.2 Å². The zero-order chi connectivity index (χ0) is 12.8. The van der Waals surface area contributed by atoms with Crippen LogP contribution in [0.25, 0.3) is 0 Å². The third kappa shape index (κ3) is 4.30. The van der Waals surface area contributed by atoms with E-state index in [2.05, 4.69) is 5.32 Å². The van der Waals surface area contributed by atoms with Gasteiger partial charge in [-0.25, -0.2) is 8.78 Å². The molecule has 1 unspecified atom stereocenters. The fraction of sp³-hybridized carbons (Fsp3) is 0.538. The molecule has 0 aliphatic rings. The van der Waals surface area contributed by atoms with Gasteiger partial charge in [0.15, 0.2) is 0 Å². The molecule has 17 heavy (non-hydrogen) atoms. The van der Waals surface area contributed by atoms with Gasteiger partial charge in [-0.1, -0.05) is 24.6 Å². The van der Waals surface area contributed by atoms with Gasteiger partial charge in [0, 0.05) is 11.6 Å². The van der Waals surface area contributed by atoms with Crippen LogP contribution in [-0.4, -0.2) is 19.6 Å². The summed E-state index contributed by atoms with van der Waals surface area (Å²) in [6.07, 6.45) is -2.45. The van der Waals surface area contributed by atoms with Gasteiger partial charge in [0.1, 0.15) is 12.4 Å². The Hall–Kier alpha value is -1.16. The summed E-state index contributed by atoms with van der Waals surface area (Å²) < 4.78 is 29.4. The monoisotopic (exact) mass is 243 g/mol. The topological polar surface area (TPSA) is 21.3 Å². The predicted octanol–water partition coefficient (Wildman–Crippen LogP) is 3.31. The second-order valence-corrected chi connectivity index (χ2v) is 4.02. The Bertz CT molecular complexity index is 355. The lowest BCUT2D eigenvalue weighted by Gasteiger charge is -2.18. The first-order chi connectivity index (χ1) is 8.04. The fourth-order valence-corrected chi connectivity index (χ4v) is 1.71. The number of alkyl halides is 2. The lowest BCUT2D eigenvalue weighted by molar-refractivity contribution is 0.0811. The van der Waals surface area contributed by atoms with Crippen molar-refractivity contribution in [3.05, 3.63) is 29.3 Å². The lowest BCUT2D eigenvalue weighted by Crippen LogP contribution is -2.19. The van der Waals surface area contributed by atoms with E-state index < -0.39 is 13.0 Å². The smallest absolute Gasteiger partial charge is 0.272 e. The van der Waals surface area contributed by atoms with Gasteiger partial charge in [-0.15, -0.1) is 0 Å². The quantitative estimate of drug-likeness (QED) is 0.827. The minimum atomic E-state index is -2.45. The Morgan fingerprint density at radius 1 is 1.35 bits per heavy atom. The van der Waals surface area contributed by atoms with Crippen molar-refractivity contribution in [2.75, 3.05) is 13.2 Å². The molecule has 0 heterocycles. The summed E-state index contributed by atoms with van der Waals surface area (Å²) in [5.74, 6) is 0.532. The molecular formula is C13H19F2NO. The molecule has 1 aromatic rings. The first kappa shape index (κ1) is 13.9. The summed E-state index contributed by atoms with van der Waals surface area (Å²) in [5, 5.41) is 3.25. The maximum Gasteiger partial charge on any atom is 0.272 e. The number of hydrogen-bond acceptors (Lipinski definition) is 2. The van der Waals surface area contributed by atoms with Gasteiger partial charge in [-0.05, 0) is 26.5 Å². The van der Waals surface area contributed by atoms with E-state index in [0.29, 0.717) is 5.75 Å². The largest absolute Gasteiger partial charge is 0.487 e. The molecule has 0 fully saturated rings. The molecule has 1 rings (SSSR count). The second kappa shape index (κ2) is 6.55. The third-order valence-electron chi connectivity index (χ3n) is 2.51. The number of ether oxygens (including phenoxy) is 1.